The first-order valence-electron chi connectivity index (χ1n) is 8.47. The molecule has 0 saturated carbocycles. The number of benzene rings is 2. The van der Waals surface area contributed by atoms with Gasteiger partial charge in [0.25, 0.3) is 17.5 Å². The molecule has 0 atom stereocenters. The second-order valence-corrected chi connectivity index (χ2v) is 6.14. The molecule has 2 N–H and O–H groups in total. The summed E-state index contributed by atoms with van der Waals surface area (Å²) in [5, 5.41) is 16.3. The van der Waals surface area contributed by atoms with Crippen molar-refractivity contribution in [2.75, 3.05) is 44.6 Å². The van der Waals surface area contributed by atoms with E-state index in [1.165, 1.54) is 24.3 Å². The first kappa shape index (κ1) is 20.8. The van der Waals surface area contributed by atoms with Crippen molar-refractivity contribution < 1.29 is 19.2 Å². The fourth-order valence-corrected chi connectivity index (χ4v) is 2.51. The topological polar surface area (TPSA) is 114 Å². The van der Waals surface area contributed by atoms with E-state index in [4.69, 9.17) is 4.74 Å². The predicted octanol–water partition coefficient (Wildman–Crippen LogP) is 2.29. The summed E-state index contributed by atoms with van der Waals surface area (Å²) < 4.78 is 4.93. The van der Waals surface area contributed by atoms with Crippen LogP contribution in [0.3, 0.4) is 0 Å². The minimum atomic E-state index is -0.564. The third-order valence-electron chi connectivity index (χ3n) is 3.89. The van der Waals surface area contributed by atoms with Crippen LogP contribution < -0.4 is 15.5 Å². The lowest BCUT2D eigenvalue weighted by Crippen LogP contribution is -2.28. The number of carbonyl (C=O) groups excluding carboxylic acids is 2. The molecule has 2 amide bonds. The van der Waals surface area contributed by atoms with E-state index in [0.29, 0.717) is 30.1 Å². The first-order valence-corrected chi connectivity index (χ1v) is 8.47. The molecule has 9 nitrogen and oxygen atoms in total. The largest absolute Gasteiger partial charge is 0.383 e. The summed E-state index contributed by atoms with van der Waals surface area (Å²) in [6.07, 6.45) is 0. The summed E-state index contributed by atoms with van der Waals surface area (Å²) in [6, 6.07) is 10.4. The number of hydrogen-bond acceptors (Lipinski definition) is 6. The van der Waals surface area contributed by atoms with Crippen molar-refractivity contribution in [3.8, 4) is 0 Å². The summed E-state index contributed by atoms with van der Waals surface area (Å²) in [7, 11) is 5.16. The molecule has 0 aliphatic rings. The summed E-state index contributed by atoms with van der Waals surface area (Å²) in [5.74, 6) is -0.806. The highest BCUT2D eigenvalue weighted by Gasteiger charge is 2.16. The Bertz CT molecular complexity index is 882. The molecule has 0 aliphatic carbocycles. The normalized spacial score (nSPS) is 10.2. The van der Waals surface area contributed by atoms with Gasteiger partial charge in [0.05, 0.1) is 17.1 Å². The molecule has 28 heavy (non-hydrogen) atoms. The summed E-state index contributed by atoms with van der Waals surface area (Å²) in [4.78, 5) is 37.0. The van der Waals surface area contributed by atoms with Crippen LogP contribution in [0.25, 0.3) is 0 Å². The van der Waals surface area contributed by atoms with Gasteiger partial charge in [-0.3, -0.25) is 19.7 Å². The number of ether oxygens (including phenoxy) is 1. The molecule has 2 aromatic carbocycles. The van der Waals surface area contributed by atoms with Gasteiger partial charge in [0, 0.05) is 56.8 Å². The molecule has 0 heterocycles. The Morgan fingerprint density at radius 2 is 1.89 bits per heavy atom. The number of nitro groups is 1. The Labute approximate surface area is 162 Å². The SMILES string of the molecule is COCCNC(=O)c1cc(NC(=O)c2cccc([N+](=O)[O-])c2)ccc1N(C)C. The van der Waals surface area contributed by atoms with Crippen molar-refractivity contribution in [2.24, 2.45) is 0 Å². The monoisotopic (exact) mass is 386 g/mol. The van der Waals surface area contributed by atoms with Crippen molar-refractivity contribution in [3.63, 3.8) is 0 Å². The van der Waals surface area contributed by atoms with E-state index in [9.17, 15) is 19.7 Å². The van der Waals surface area contributed by atoms with E-state index in [0.717, 1.165) is 0 Å². The molecule has 2 aromatic rings. The van der Waals surface area contributed by atoms with Gasteiger partial charge in [0.15, 0.2) is 0 Å². The highest BCUT2D eigenvalue weighted by Crippen LogP contribution is 2.24. The fourth-order valence-electron chi connectivity index (χ4n) is 2.51. The van der Waals surface area contributed by atoms with E-state index in [2.05, 4.69) is 10.6 Å². The lowest BCUT2D eigenvalue weighted by molar-refractivity contribution is -0.384. The first-order chi connectivity index (χ1) is 13.3. The molecule has 0 fully saturated rings. The van der Waals surface area contributed by atoms with Gasteiger partial charge >= 0.3 is 0 Å². The number of methoxy groups -OCH3 is 1. The second kappa shape index (κ2) is 9.47. The number of nitro benzene ring substituents is 1. The van der Waals surface area contributed by atoms with Crippen molar-refractivity contribution in [2.45, 2.75) is 0 Å². The fraction of sp³-hybridized carbons (Fsp3) is 0.263. The minimum Gasteiger partial charge on any atom is -0.383 e. The number of rotatable bonds is 8. The Morgan fingerprint density at radius 1 is 1.14 bits per heavy atom. The molecule has 9 heteroatoms. The molecule has 0 spiro atoms. The molecule has 2 rings (SSSR count). The van der Waals surface area contributed by atoms with E-state index < -0.39 is 10.8 Å². The van der Waals surface area contributed by atoms with Crippen LogP contribution in [0.2, 0.25) is 0 Å². The number of carbonyl (C=O) groups is 2. The van der Waals surface area contributed by atoms with Gasteiger partial charge in [-0.05, 0) is 24.3 Å². The van der Waals surface area contributed by atoms with Crippen molar-refractivity contribution in [1.82, 2.24) is 5.32 Å². The molecule has 0 saturated heterocycles. The van der Waals surface area contributed by atoms with Crippen LogP contribution in [0.5, 0.6) is 0 Å². The molecule has 0 aliphatic heterocycles. The van der Waals surface area contributed by atoms with Crippen LogP contribution in [-0.2, 0) is 4.74 Å². The van der Waals surface area contributed by atoms with Crippen LogP contribution in [0.4, 0.5) is 17.1 Å². The van der Waals surface area contributed by atoms with Crippen LogP contribution in [0.1, 0.15) is 20.7 Å². The van der Waals surface area contributed by atoms with Gasteiger partial charge in [-0.1, -0.05) is 6.07 Å². The molecule has 0 unspecified atom stereocenters. The maximum atomic E-state index is 12.5. The highest BCUT2D eigenvalue weighted by molar-refractivity contribution is 6.06. The summed E-state index contributed by atoms with van der Waals surface area (Å²) in [5.41, 5.74) is 1.45. The average molecular weight is 386 g/mol. The molecule has 0 aromatic heterocycles. The van der Waals surface area contributed by atoms with Crippen LogP contribution in [0.15, 0.2) is 42.5 Å². The predicted molar refractivity (Wildman–Crippen MR) is 106 cm³/mol. The van der Waals surface area contributed by atoms with E-state index >= 15 is 0 Å². The second-order valence-electron chi connectivity index (χ2n) is 6.14. The van der Waals surface area contributed by atoms with Crippen molar-refractivity contribution in [1.29, 1.82) is 0 Å². The van der Waals surface area contributed by atoms with Gasteiger partial charge in [-0.2, -0.15) is 0 Å². The van der Waals surface area contributed by atoms with Crippen LogP contribution in [0, 0.1) is 10.1 Å². The van der Waals surface area contributed by atoms with Gasteiger partial charge < -0.3 is 20.3 Å². The maximum Gasteiger partial charge on any atom is 0.270 e. The molecule has 0 radical (unpaired) electrons. The van der Waals surface area contributed by atoms with Gasteiger partial charge in [0.2, 0.25) is 0 Å². The van der Waals surface area contributed by atoms with Crippen LogP contribution >= 0.6 is 0 Å². The number of nitrogens with one attached hydrogen (secondary N) is 2. The summed E-state index contributed by atoms with van der Waals surface area (Å²) in [6.45, 7) is 0.735. The zero-order valence-electron chi connectivity index (χ0n) is 15.9. The van der Waals surface area contributed by atoms with E-state index in [1.807, 2.05) is 14.1 Å². The molecule has 0 bridgehead atoms. The highest BCUT2D eigenvalue weighted by atomic mass is 16.6. The number of anilines is 2. The maximum absolute atomic E-state index is 12.5. The average Bonchev–Trinajstić information content (AvgIpc) is 2.67. The molecular formula is C19H22N4O5. The zero-order chi connectivity index (χ0) is 20.7. The Hall–Kier alpha value is -3.46. The van der Waals surface area contributed by atoms with Crippen molar-refractivity contribution >= 4 is 28.9 Å². The standard InChI is InChI=1S/C19H22N4O5/c1-22(2)17-8-7-14(12-16(17)19(25)20-9-10-28-3)21-18(24)13-5-4-6-15(11-13)23(26)27/h4-8,11-12H,9-10H2,1-3H3,(H,20,25)(H,21,24). The lowest BCUT2D eigenvalue weighted by atomic mass is 10.1. The third-order valence-corrected chi connectivity index (χ3v) is 3.89. The van der Waals surface area contributed by atoms with Crippen molar-refractivity contribution in [3.05, 3.63) is 63.7 Å². The zero-order valence-corrected chi connectivity index (χ0v) is 15.9. The number of amides is 2. The number of non-ortho nitro benzene ring substituents is 1. The summed E-state index contributed by atoms with van der Waals surface area (Å²) >= 11 is 0. The number of nitrogens with zero attached hydrogens (tertiary/aromatic N) is 2. The minimum absolute atomic E-state index is 0.150. The quantitative estimate of drug-likeness (QED) is 0.409. The smallest absolute Gasteiger partial charge is 0.270 e. The Kier molecular flexibility index (Phi) is 7.05. The van der Waals surface area contributed by atoms with E-state index in [1.54, 1.807) is 30.2 Å². The Morgan fingerprint density at radius 3 is 2.54 bits per heavy atom. The van der Waals surface area contributed by atoms with Gasteiger partial charge in [0.1, 0.15) is 0 Å². The van der Waals surface area contributed by atoms with E-state index in [-0.39, 0.29) is 17.2 Å². The van der Waals surface area contributed by atoms with Gasteiger partial charge in [-0.25, -0.2) is 0 Å². The molecule has 148 valence electrons. The Balaban J connectivity index is 2.25. The number of hydrogen-bond donors (Lipinski definition) is 2. The lowest BCUT2D eigenvalue weighted by Gasteiger charge is -2.18. The van der Waals surface area contributed by atoms with Crippen LogP contribution in [-0.4, -0.2) is 51.1 Å². The molecular weight excluding hydrogens is 364 g/mol. The third kappa shape index (κ3) is 5.27. The van der Waals surface area contributed by atoms with Gasteiger partial charge in [-0.15, -0.1) is 0 Å².